The maximum Gasteiger partial charge on any atom is 0.0619 e. The SMILES string of the molecule is [CH2]CC(OC)C(C)(C)C. The predicted octanol–water partition coefficient (Wildman–Crippen LogP) is 2.27. The Labute approximate surface area is 58.4 Å². The van der Waals surface area contributed by atoms with E-state index in [2.05, 4.69) is 27.7 Å². The fourth-order valence-corrected chi connectivity index (χ4v) is 0.904. The third-order valence-electron chi connectivity index (χ3n) is 1.51. The van der Waals surface area contributed by atoms with Gasteiger partial charge in [-0.2, -0.15) is 0 Å². The van der Waals surface area contributed by atoms with Gasteiger partial charge in [0.25, 0.3) is 0 Å². The molecule has 0 saturated carbocycles. The molecule has 0 spiro atoms. The van der Waals surface area contributed by atoms with Gasteiger partial charge in [0.05, 0.1) is 6.10 Å². The largest absolute Gasteiger partial charge is 0.381 e. The number of hydrogen-bond acceptors (Lipinski definition) is 1. The summed E-state index contributed by atoms with van der Waals surface area (Å²) in [6, 6.07) is 0. The van der Waals surface area contributed by atoms with Gasteiger partial charge >= 0.3 is 0 Å². The van der Waals surface area contributed by atoms with Crippen molar-refractivity contribution in [3.8, 4) is 0 Å². The van der Waals surface area contributed by atoms with Crippen LogP contribution in [0.1, 0.15) is 27.2 Å². The van der Waals surface area contributed by atoms with Crippen LogP contribution in [0.5, 0.6) is 0 Å². The molecule has 1 atom stereocenters. The lowest BCUT2D eigenvalue weighted by Crippen LogP contribution is -2.27. The van der Waals surface area contributed by atoms with Crippen molar-refractivity contribution in [1.29, 1.82) is 0 Å². The van der Waals surface area contributed by atoms with Crippen LogP contribution in [0.4, 0.5) is 0 Å². The molecule has 0 bridgehead atoms. The minimum absolute atomic E-state index is 0.233. The summed E-state index contributed by atoms with van der Waals surface area (Å²) >= 11 is 0. The molecule has 0 aromatic rings. The summed E-state index contributed by atoms with van der Waals surface area (Å²) in [5.74, 6) is 0. The molecule has 1 nitrogen and oxygen atoms in total. The second kappa shape index (κ2) is 3.21. The van der Waals surface area contributed by atoms with Crippen LogP contribution in [0.2, 0.25) is 0 Å². The van der Waals surface area contributed by atoms with Gasteiger partial charge in [0, 0.05) is 7.11 Å². The Hall–Kier alpha value is -0.0400. The van der Waals surface area contributed by atoms with Crippen LogP contribution in [0.15, 0.2) is 0 Å². The van der Waals surface area contributed by atoms with E-state index in [0.717, 1.165) is 6.42 Å². The van der Waals surface area contributed by atoms with E-state index in [4.69, 9.17) is 4.74 Å². The molecule has 0 saturated heterocycles. The van der Waals surface area contributed by atoms with Gasteiger partial charge in [-0.1, -0.05) is 27.7 Å². The van der Waals surface area contributed by atoms with Crippen molar-refractivity contribution < 1.29 is 4.74 Å². The van der Waals surface area contributed by atoms with Crippen molar-refractivity contribution in [2.24, 2.45) is 5.41 Å². The lowest BCUT2D eigenvalue weighted by atomic mass is 9.87. The number of ether oxygens (including phenoxy) is 1. The molecule has 0 N–H and O–H groups in total. The highest BCUT2D eigenvalue weighted by Gasteiger charge is 2.21. The van der Waals surface area contributed by atoms with Gasteiger partial charge in [0.2, 0.25) is 0 Å². The second-order valence-electron chi connectivity index (χ2n) is 3.38. The van der Waals surface area contributed by atoms with E-state index >= 15 is 0 Å². The summed E-state index contributed by atoms with van der Waals surface area (Å²) in [6.45, 7) is 10.3. The molecule has 0 aliphatic rings. The molecule has 0 rings (SSSR count). The first-order valence-corrected chi connectivity index (χ1v) is 3.34. The lowest BCUT2D eigenvalue weighted by molar-refractivity contribution is 0.0188. The maximum atomic E-state index is 5.20. The van der Waals surface area contributed by atoms with Crippen LogP contribution in [0.25, 0.3) is 0 Å². The molecular formula is C8H17O. The normalized spacial score (nSPS) is 15.7. The standard InChI is InChI=1S/C8H17O/c1-6-7(9-5)8(2,3)4/h7H,1,6H2,2-5H3. The average molecular weight is 129 g/mol. The lowest BCUT2D eigenvalue weighted by Gasteiger charge is -2.27. The van der Waals surface area contributed by atoms with Gasteiger partial charge in [-0.15, -0.1) is 0 Å². The van der Waals surface area contributed by atoms with Gasteiger partial charge in [-0.25, -0.2) is 0 Å². The Bertz CT molecular complexity index is 67.1. The fourth-order valence-electron chi connectivity index (χ4n) is 0.904. The molecular weight excluding hydrogens is 112 g/mol. The fraction of sp³-hybridized carbons (Fsp3) is 0.875. The molecule has 9 heavy (non-hydrogen) atoms. The van der Waals surface area contributed by atoms with Crippen LogP contribution in [0, 0.1) is 12.3 Å². The highest BCUT2D eigenvalue weighted by atomic mass is 16.5. The molecule has 55 valence electrons. The summed E-state index contributed by atoms with van der Waals surface area (Å²) in [6.07, 6.45) is 1.14. The van der Waals surface area contributed by atoms with Crippen molar-refractivity contribution in [3.05, 3.63) is 6.92 Å². The highest BCUT2D eigenvalue weighted by molar-refractivity contribution is 4.74. The zero-order chi connectivity index (χ0) is 7.49. The van der Waals surface area contributed by atoms with Gasteiger partial charge in [-0.05, 0) is 11.8 Å². The van der Waals surface area contributed by atoms with Gasteiger partial charge in [-0.3, -0.25) is 0 Å². The van der Waals surface area contributed by atoms with Crippen molar-refractivity contribution in [1.82, 2.24) is 0 Å². The van der Waals surface area contributed by atoms with Crippen LogP contribution in [0.3, 0.4) is 0 Å². The zero-order valence-corrected chi connectivity index (χ0v) is 6.90. The quantitative estimate of drug-likeness (QED) is 0.555. The molecule has 1 unspecified atom stereocenters. The Balaban J connectivity index is 3.79. The van der Waals surface area contributed by atoms with E-state index in [1.807, 2.05) is 0 Å². The predicted molar refractivity (Wildman–Crippen MR) is 40.2 cm³/mol. The Kier molecular flexibility index (Phi) is 3.20. The molecule has 1 radical (unpaired) electrons. The molecule has 0 fully saturated rings. The number of hydrogen-bond donors (Lipinski definition) is 0. The van der Waals surface area contributed by atoms with E-state index in [1.165, 1.54) is 0 Å². The van der Waals surface area contributed by atoms with Crippen LogP contribution < -0.4 is 0 Å². The Morgan fingerprint density at radius 3 is 1.89 bits per heavy atom. The topological polar surface area (TPSA) is 9.23 Å². The molecule has 0 aromatic heterocycles. The minimum Gasteiger partial charge on any atom is -0.381 e. The van der Waals surface area contributed by atoms with Crippen LogP contribution in [-0.4, -0.2) is 13.2 Å². The van der Waals surface area contributed by atoms with Crippen LogP contribution >= 0.6 is 0 Å². The number of rotatable bonds is 2. The zero-order valence-electron chi connectivity index (χ0n) is 6.90. The first kappa shape index (κ1) is 8.96. The van der Waals surface area contributed by atoms with E-state index in [0.29, 0.717) is 0 Å². The van der Waals surface area contributed by atoms with Gasteiger partial charge in [0.15, 0.2) is 0 Å². The minimum atomic E-state index is 0.233. The van der Waals surface area contributed by atoms with Crippen molar-refractivity contribution in [2.45, 2.75) is 33.3 Å². The summed E-state index contributed by atoms with van der Waals surface area (Å²) in [5.41, 5.74) is 0.233. The first-order chi connectivity index (χ1) is 4.02. The average Bonchev–Trinajstić information content (AvgIpc) is 1.65. The van der Waals surface area contributed by atoms with E-state index in [9.17, 15) is 0 Å². The van der Waals surface area contributed by atoms with Gasteiger partial charge < -0.3 is 4.74 Å². The third kappa shape index (κ3) is 2.85. The van der Waals surface area contributed by atoms with Crippen molar-refractivity contribution in [3.63, 3.8) is 0 Å². The maximum absolute atomic E-state index is 5.20. The third-order valence-corrected chi connectivity index (χ3v) is 1.51. The molecule has 0 amide bonds. The van der Waals surface area contributed by atoms with E-state index in [-0.39, 0.29) is 11.5 Å². The first-order valence-electron chi connectivity index (χ1n) is 3.34. The monoisotopic (exact) mass is 129 g/mol. The summed E-state index contributed by atoms with van der Waals surface area (Å²) < 4.78 is 5.20. The van der Waals surface area contributed by atoms with E-state index < -0.39 is 0 Å². The van der Waals surface area contributed by atoms with Crippen molar-refractivity contribution >= 4 is 0 Å². The molecule has 0 heterocycles. The van der Waals surface area contributed by atoms with E-state index in [1.54, 1.807) is 7.11 Å². The van der Waals surface area contributed by atoms with Crippen LogP contribution in [-0.2, 0) is 4.74 Å². The van der Waals surface area contributed by atoms with Crippen molar-refractivity contribution in [2.75, 3.05) is 7.11 Å². The summed E-state index contributed by atoms with van der Waals surface area (Å²) in [5, 5.41) is 0. The molecule has 0 aromatic carbocycles. The molecule has 1 heteroatoms. The summed E-state index contributed by atoms with van der Waals surface area (Å²) in [4.78, 5) is 0. The summed E-state index contributed by atoms with van der Waals surface area (Å²) in [7, 11) is 1.74. The van der Waals surface area contributed by atoms with Gasteiger partial charge in [0.1, 0.15) is 0 Å². The smallest absolute Gasteiger partial charge is 0.0619 e. The number of methoxy groups -OCH3 is 1. The molecule has 0 aliphatic carbocycles. The highest BCUT2D eigenvalue weighted by Crippen LogP contribution is 2.23. The Morgan fingerprint density at radius 2 is 1.89 bits per heavy atom. The second-order valence-corrected chi connectivity index (χ2v) is 3.38. The Morgan fingerprint density at radius 1 is 1.44 bits per heavy atom. The molecule has 0 aliphatic heterocycles.